The number of imidazole rings is 1. The van der Waals surface area contributed by atoms with E-state index in [0.717, 1.165) is 24.4 Å². The molecular formula is C17H24ClN3. The van der Waals surface area contributed by atoms with Gasteiger partial charge in [0, 0.05) is 13.1 Å². The van der Waals surface area contributed by atoms with Crippen LogP contribution in [0.1, 0.15) is 43.0 Å². The summed E-state index contributed by atoms with van der Waals surface area (Å²) in [6.07, 6.45) is 4.05. The lowest BCUT2D eigenvalue weighted by molar-refractivity contribution is 0.221. The number of alkyl halides is 1. The SMILES string of the molecule is Cc1cccc2c1nc(C(C)Cl)n2CCN1CCCCC1. The second-order valence-corrected chi connectivity index (χ2v) is 6.74. The second-order valence-electron chi connectivity index (χ2n) is 6.08. The van der Waals surface area contributed by atoms with Gasteiger partial charge in [0.25, 0.3) is 0 Å². The van der Waals surface area contributed by atoms with Gasteiger partial charge in [-0.05, 0) is 51.4 Å². The van der Waals surface area contributed by atoms with Crippen LogP contribution in [0.4, 0.5) is 0 Å². The lowest BCUT2D eigenvalue weighted by Crippen LogP contribution is -2.32. The van der Waals surface area contributed by atoms with Crippen LogP contribution >= 0.6 is 11.6 Å². The highest BCUT2D eigenvalue weighted by molar-refractivity contribution is 6.20. The molecule has 0 N–H and O–H groups in total. The Morgan fingerprint density at radius 2 is 1.95 bits per heavy atom. The summed E-state index contributed by atoms with van der Waals surface area (Å²) in [5.41, 5.74) is 3.54. The molecule has 0 spiro atoms. The summed E-state index contributed by atoms with van der Waals surface area (Å²) < 4.78 is 2.31. The predicted molar refractivity (Wildman–Crippen MR) is 89.0 cm³/mol. The number of benzene rings is 1. The zero-order valence-electron chi connectivity index (χ0n) is 13.0. The van der Waals surface area contributed by atoms with Gasteiger partial charge in [-0.25, -0.2) is 4.98 Å². The van der Waals surface area contributed by atoms with Gasteiger partial charge < -0.3 is 9.47 Å². The minimum Gasteiger partial charge on any atom is -0.325 e. The number of para-hydroxylation sites is 1. The van der Waals surface area contributed by atoms with E-state index in [1.165, 1.54) is 43.4 Å². The van der Waals surface area contributed by atoms with Crippen molar-refractivity contribution in [3.8, 4) is 0 Å². The van der Waals surface area contributed by atoms with Crippen LogP contribution in [0.5, 0.6) is 0 Å². The molecule has 2 aromatic rings. The van der Waals surface area contributed by atoms with Crippen molar-refractivity contribution in [1.29, 1.82) is 0 Å². The molecular weight excluding hydrogens is 282 g/mol. The standard InChI is InChI=1S/C17H24ClN3/c1-13-7-6-8-15-16(13)19-17(14(2)18)21(15)12-11-20-9-4-3-5-10-20/h6-8,14H,3-5,9-12H2,1-2H3. The number of nitrogens with zero attached hydrogens (tertiary/aromatic N) is 3. The van der Waals surface area contributed by atoms with Gasteiger partial charge in [0.2, 0.25) is 0 Å². The first kappa shape index (κ1) is 14.9. The minimum atomic E-state index is -0.0573. The maximum atomic E-state index is 6.36. The number of aryl methyl sites for hydroxylation is 1. The quantitative estimate of drug-likeness (QED) is 0.792. The molecule has 3 rings (SSSR count). The molecule has 1 aromatic heterocycles. The Bertz CT molecular complexity index is 612. The third kappa shape index (κ3) is 3.09. The molecule has 1 atom stereocenters. The van der Waals surface area contributed by atoms with Gasteiger partial charge in [0.05, 0.1) is 16.4 Å². The predicted octanol–water partition coefficient (Wildman–Crippen LogP) is 4.13. The van der Waals surface area contributed by atoms with Gasteiger partial charge >= 0.3 is 0 Å². The Balaban J connectivity index is 1.88. The Labute approximate surface area is 131 Å². The summed E-state index contributed by atoms with van der Waals surface area (Å²) in [6, 6.07) is 6.39. The van der Waals surface area contributed by atoms with Crippen LogP contribution in [-0.2, 0) is 6.54 Å². The third-order valence-corrected chi connectivity index (χ3v) is 4.65. The second kappa shape index (κ2) is 6.37. The number of fused-ring (bicyclic) bond motifs is 1. The molecule has 0 saturated carbocycles. The van der Waals surface area contributed by atoms with Gasteiger partial charge in [-0.2, -0.15) is 0 Å². The van der Waals surface area contributed by atoms with Crippen LogP contribution < -0.4 is 0 Å². The van der Waals surface area contributed by atoms with E-state index < -0.39 is 0 Å². The average Bonchev–Trinajstić information content (AvgIpc) is 2.87. The molecule has 1 unspecified atom stereocenters. The van der Waals surface area contributed by atoms with Crippen LogP contribution in [-0.4, -0.2) is 34.1 Å². The highest BCUT2D eigenvalue weighted by Crippen LogP contribution is 2.26. The van der Waals surface area contributed by atoms with E-state index in [0.29, 0.717) is 0 Å². The van der Waals surface area contributed by atoms with Crippen molar-refractivity contribution in [2.75, 3.05) is 19.6 Å². The van der Waals surface area contributed by atoms with E-state index in [1.54, 1.807) is 0 Å². The summed E-state index contributed by atoms with van der Waals surface area (Å²) >= 11 is 6.36. The number of rotatable bonds is 4. The molecule has 0 bridgehead atoms. The largest absolute Gasteiger partial charge is 0.325 e. The summed E-state index contributed by atoms with van der Waals surface area (Å²) in [7, 11) is 0. The Kier molecular flexibility index (Phi) is 4.51. The van der Waals surface area contributed by atoms with Gasteiger partial charge in [-0.3, -0.25) is 0 Å². The van der Waals surface area contributed by atoms with E-state index in [1.807, 2.05) is 6.92 Å². The molecule has 1 aromatic carbocycles. The maximum Gasteiger partial charge on any atom is 0.127 e. The third-order valence-electron chi connectivity index (χ3n) is 4.45. The lowest BCUT2D eigenvalue weighted by atomic mass is 10.1. The molecule has 114 valence electrons. The zero-order valence-corrected chi connectivity index (χ0v) is 13.7. The fraction of sp³-hybridized carbons (Fsp3) is 0.588. The zero-order chi connectivity index (χ0) is 14.8. The molecule has 0 radical (unpaired) electrons. The number of aromatic nitrogens is 2. The molecule has 3 nitrogen and oxygen atoms in total. The van der Waals surface area contributed by atoms with Crippen molar-refractivity contribution in [3.63, 3.8) is 0 Å². The molecule has 0 amide bonds. The molecule has 21 heavy (non-hydrogen) atoms. The molecule has 1 saturated heterocycles. The summed E-state index contributed by atoms with van der Waals surface area (Å²) in [4.78, 5) is 7.35. The Hall–Kier alpha value is -1.06. The number of hydrogen-bond donors (Lipinski definition) is 0. The fourth-order valence-electron chi connectivity index (χ4n) is 3.27. The van der Waals surface area contributed by atoms with Gasteiger partial charge in [-0.1, -0.05) is 18.6 Å². The summed E-state index contributed by atoms with van der Waals surface area (Å²) in [6.45, 7) is 8.67. The van der Waals surface area contributed by atoms with Crippen molar-refractivity contribution < 1.29 is 0 Å². The molecule has 1 fully saturated rings. The van der Waals surface area contributed by atoms with Crippen LogP contribution in [0, 0.1) is 6.92 Å². The van der Waals surface area contributed by atoms with Gasteiger partial charge in [-0.15, -0.1) is 11.6 Å². The molecule has 4 heteroatoms. The first-order valence-electron chi connectivity index (χ1n) is 7.99. The van der Waals surface area contributed by atoms with Gasteiger partial charge in [0.1, 0.15) is 5.82 Å². The van der Waals surface area contributed by atoms with E-state index >= 15 is 0 Å². The van der Waals surface area contributed by atoms with E-state index in [2.05, 4.69) is 34.6 Å². The number of likely N-dealkylation sites (tertiary alicyclic amines) is 1. The molecule has 2 heterocycles. The number of hydrogen-bond acceptors (Lipinski definition) is 2. The van der Waals surface area contributed by atoms with Crippen molar-refractivity contribution in [1.82, 2.24) is 14.5 Å². The highest BCUT2D eigenvalue weighted by atomic mass is 35.5. The number of piperidine rings is 1. The topological polar surface area (TPSA) is 21.1 Å². The summed E-state index contributed by atoms with van der Waals surface area (Å²) in [5.74, 6) is 0.998. The molecule has 1 aliphatic heterocycles. The number of halogens is 1. The molecule has 1 aliphatic rings. The van der Waals surface area contributed by atoms with E-state index in [4.69, 9.17) is 16.6 Å². The molecule has 0 aliphatic carbocycles. The first-order chi connectivity index (χ1) is 10.2. The lowest BCUT2D eigenvalue weighted by Gasteiger charge is -2.27. The average molecular weight is 306 g/mol. The van der Waals surface area contributed by atoms with Crippen LogP contribution in [0.25, 0.3) is 11.0 Å². The summed E-state index contributed by atoms with van der Waals surface area (Å²) in [5, 5.41) is -0.0573. The monoisotopic (exact) mass is 305 g/mol. The van der Waals surface area contributed by atoms with Crippen molar-refractivity contribution in [3.05, 3.63) is 29.6 Å². The van der Waals surface area contributed by atoms with Crippen molar-refractivity contribution >= 4 is 22.6 Å². The van der Waals surface area contributed by atoms with Crippen LogP contribution in [0.15, 0.2) is 18.2 Å². The smallest absolute Gasteiger partial charge is 0.127 e. The van der Waals surface area contributed by atoms with Crippen LogP contribution in [0.2, 0.25) is 0 Å². The first-order valence-corrected chi connectivity index (χ1v) is 8.42. The van der Waals surface area contributed by atoms with Gasteiger partial charge in [0.15, 0.2) is 0 Å². The van der Waals surface area contributed by atoms with Crippen molar-refractivity contribution in [2.45, 2.75) is 45.0 Å². The van der Waals surface area contributed by atoms with E-state index in [-0.39, 0.29) is 5.38 Å². The Morgan fingerprint density at radius 1 is 1.19 bits per heavy atom. The van der Waals surface area contributed by atoms with Crippen molar-refractivity contribution in [2.24, 2.45) is 0 Å². The normalized spacial score (nSPS) is 18.2. The van der Waals surface area contributed by atoms with Crippen LogP contribution in [0.3, 0.4) is 0 Å². The maximum absolute atomic E-state index is 6.36. The fourth-order valence-corrected chi connectivity index (χ4v) is 3.43. The van der Waals surface area contributed by atoms with E-state index in [9.17, 15) is 0 Å². The Morgan fingerprint density at radius 3 is 2.67 bits per heavy atom. The highest BCUT2D eigenvalue weighted by Gasteiger charge is 2.17. The minimum absolute atomic E-state index is 0.0573.